The maximum Gasteiger partial charge on any atom is 0.261 e. The lowest BCUT2D eigenvalue weighted by molar-refractivity contribution is -0.132. The molecule has 0 N–H and O–H groups in total. The molecule has 7 heteroatoms. The van der Waals surface area contributed by atoms with Gasteiger partial charge in [-0.25, -0.2) is 4.39 Å². The number of imide groups is 1. The summed E-state index contributed by atoms with van der Waals surface area (Å²) < 4.78 is 13.7. The van der Waals surface area contributed by atoms with Crippen molar-refractivity contribution in [2.45, 2.75) is 26.4 Å². The van der Waals surface area contributed by atoms with Crippen molar-refractivity contribution < 1.29 is 18.8 Å². The van der Waals surface area contributed by atoms with E-state index in [1.54, 1.807) is 59.5 Å². The number of rotatable bonds is 7. The largest absolute Gasteiger partial charge is 0.334 e. The van der Waals surface area contributed by atoms with Crippen molar-refractivity contribution in [1.82, 2.24) is 9.80 Å². The predicted octanol–water partition coefficient (Wildman–Crippen LogP) is 4.22. The minimum Gasteiger partial charge on any atom is -0.334 e. The standard InChI is InChI=1S/C27H22FN3O3/c1-18-5-10-23-24(13-18)27(34)31(26(23)33)12-11-25(32)30(17-21-3-2-4-22(28)14-21)16-20-8-6-19(15-29)7-9-20/h2-10,13-14H,11-12,16-17H2,1H3. The second kappa shape index (κ2) is 9.67. The quantitative estimate of drug-likeness (QED) is 0.500. The lowest BCUT2D eigenvalue weighted by Gasteiger charge is -2.24. The molecular weight excluding hydrogens is 433 g/mol. The fraction of sp³-hybridized carbons (Fsp3) is 0.185. The number of benzene rings is 3. The predicted molar refractivity (Wildman–Crippen MR) is 123 cm³/mol. The summed E-state index contributed by atoms with van der Waals surface area (Å²) in [5, 5.41) is 9.01. The van der Waals surface area contributed by atoms with E-state index < -0.39 is 17.6 Å². The van der Waals surface area contributed by atoms with Crippen LogP contribution in [0.5, 0.6) is 0 Å². The summed E-state index contributed by atoms with van der Waals surface area (Å²) in [6.45, 7) is 2.20. The number of hydrogen-bond donors (Lipinski definition) is 0. The van der Waals surface area contributed by atoms with Crippen LogP contribution in [0.4, 0.5) is 4.39 Å². The molecule has 0 spiro atoms. The molecule has 0 fully saturated rings. The monoisotopic (exact) mass is 455 g/mol. The van der Waals surface area contributed by atoms with Gasteiger partial charge in [-0.2, -0.15) is 5.26 Å². The zero-order valence-electron chi connectivity index (χ0n) is 18.6. The van der Waals surface area contributed by atoms with Gasteiger partial charge in [0.2, 0.25) is 5.91 Å². The summed E-state index contributed by atoms with van der Waals surface area (Å²) in [4.78, 5) is 41.3. The van der Waals surface area contributed by atoms with Crippen molar-refractivity contribution >= 4 is 17.7 Å². The number of hydrogen-bond acceptors (Lipinski definition) is 4. The van der Waals surface area contributed by atoms with E-state index >= 15 is 0 Å². The molecule has 3 amide bonds. The van der Waals surface area contributed by atoms with Gasteiger partial charge < -0.3 is 4.90 Å². The molecule has 3 aromatic rings. The highest BCUT2D eigenvalue weighted by Crippen LogP contribution is 2.24. The van der Waals surface area contributed by atoms with Crippen LogP contribution in [0.3, 0.4) is 0 Å². The number of halogens is 1. The molecule has 34 heavy (non-hydrogen) atoms. The van der Waals surface area contributed by atoms with Gasteiger partial charge in [0.25, 0.3) is 11.8 Å². The third-order valence-electron chi connectivity index (χ3n) is 5.75. The van der Waals surface area contributed by atoms with Gasteiger partial charge in [0, 0.05) is 26.1 Å². The molecule has 0 aliphatic carbocycles. The van der Waals surface area contributed by atoms with Gasteiger partial charge in [0.15, 0.2) is 0 Å². The van der Waals surface area contributed by atoms with Crippen molar-refractivity contribution in [3.63, 3.8) is 0 Å². The zero-order chi connectivity index (χ0) is 24.2. The van der Waals surface area contributed by atoms with Crippen molar-refractivity contribution in [3.05, 3.63) is 106 Å². The van der Waals surface area contributed by atoms with E-state index in [-0.39, 0.29) is 32.0 Å². The molecule has 4 rings (SSSR count). The summed E-state index contributed by atoms with van der Waals surface area (Å²) in [6, 6.07) is 20.0. The first-order valence-corrected chi connectivity index (χ1v) is 10.8. The van der Waals surface area contributed by atoms with Crippen LogP contribution in [0, 0.1) is 24.1 Å². The maximum absolute atomic E-state index is 13.7. The van der Waals surface area contributed by atoms with Crippen LogP contribution >= 0.6 is 0 Å². The molecule has 0 saturated carbocycles. The topological polar surface area (TPSA) is 81.5 Å². The Balaban J connectivity index is 1.50. The fourth-order valence-electron chi connectivity index (χ4n) is 3.97. The van der Waals surface area contributed by atoms with Gasteiger partial charge in [-0.1, -0.05) is 35.9 Å². The molecule has 1 aliphatic heterocycles. The average molecular weight is 455 g/mol. The van der Waals surface area contributed by atoms with Gasteiger partial charge in [0.05, 0.1) is 22.8 Å². The van der Waals surface area contributed by atoms with E-state index in [4.69, 9.17) is 5.26 Å². The number of amides is 3. The molecular formula is C27H22FN3O3. The highest BCUT2D eigenvalue weighted by Gasteiger charge is 2.35. The molecule has 6 nitrogen and oxygen atoms in total. The average Bonchev–Trinajstić information content (AvgIpc) is 3.06. The Labute approximate surface area is 196 Å². The lowest BCUT2D eigenvalue weighted by atomic mass is 10.1. The first kappa shape index (κ1) is 22.9. The smallest absolute Gasteiger partial charge is 0.261 e. The molecule has 0 saturated heterocycles. The first-order valence-electron chi connectivity index (χ1n) is 10.8. The SMILES string of the molecule is Cc1ccc2c(c1)C(=O)N(CCC(=O)N(Cc1ccc(C#N)cc1)Cc1cccc(F)c1)C2=O. The molecule has 0 radical (unpaired) electrons. The molecule has 3 aromatic carbocycles. The van der Waals surface area contributed by atoms with Crippen LogP contribution in [-0.4, -0.2) is 34.1 Å². The molecule has 0 atom stereocenters. The van der Waals surface area contributed by atoms with Crippen LogP contribution in [0.15, 0.2) is 66.7 Å². The van der Waals surface area contributed by atoms with Crippen molar-refractivity contribution in [2.75, 3.05) is 6.54 Å². The zero-order valence-corrected chi connectivity index (χ0v) is 18.6. The Hall–Kier alpha value is -4.31. The Morgan fingerprint density at radius 3 is 2.35 bits per heavy atom. The number of carbonyl (C=O) groups excluding carboxylic acids is 3. The van der Waals surface area contributed by atoms with Gasteiger partial charge >= 0.3 is 0 Å². The van der Waals surface area contributed by atoms with Crippen molar-refractivity contribution in [1.29, 1.82) is 5.26 Å². The van der Waals surface area contributed by atoms with Gasteiger partial charge in [0.1, 0.15) is 5.82 Å². The Morgan fingerprint density at radius 2 is 1.65 bits per heavy atom. The van der Waals surface area contributed by atoms with Crippen molar-refractivity contribution in [2.24, 2.45) is 0 Å². The first-order chi connectivity index (χ1) is 16.4. The van der Waals surface area contributed by atoms with Gasteiger partial charge in [-0.15, -0.1) is 0 Å². The molecule has 0 bridgehead atoms. The summed E-state index contributed by atoms with van der Waals surface area (Å²) in [5.41, 5.74) is 3.51. The van der Waals surface area contributed by atoms with E-state index in [0.29, 0.717) is 22.3 Å². The van der Waals surface area contributed by atoms with Crippen LogP contribution in [-0.2, 0) is 17.9 Å². The minimum absolute atomic E-state index is 0.0444. The highest BCUT2D eigenvalue weighted by molar-refractivity contribution is 6.21. The number of aryl methyl sites for hydroxylation is 1. The summed E-state index contributed by atoms with van der Waals surface area (Å²) in [5.74, 6) is -1.48. The van der Waals surface area contributed by atoms with E-state index in [1.807, 2.05) is 6.92 Å². The van der Waals surface area contributed by atoms with Crippen molar-refractivity contribution in [3.8, 4) is 6.07 Å². The molecule has 0 aromatic heterocycles. The van der Waals surface area contributed by atoms with Crippen LogP contribution in [0.2, 0.25) is 0 Å². The van der Waals surface area contributed by atoms with Crippen LogP contribution in [0.1, 0.15) is 49.4 Å². The molecule has 0 unspecified atom stereocenters. The van der Waals surface area contributed by atoms with E-state index in [9.17, 15) is 18.8 Å². The third-order valence-corrected chi connectivity index (χ3v) is 5.75. The summed E-state index contributed by atoms with van der Waals surface area (Å²) >= 11 is 0. The Morgan fingerprint density at radius 1 is 0.941 bits per heavy atom. The fourth-order valence-corrected chi connectivity index (χ4v) is 3.97. The number of carbonyl (C=O) groups is 3. The number of nitrogens with zero attached hydrogens (tertiary/aromatic N) is 3. The second-order valence-electron chi connectivity index (χ2n) is 8.25. The number of fused-ring (bicyclic) bond motifs is 1. The number of nitriles is 1. The normalized spacial score (nSPS) is 12.4. The van der Waals surface area contributed by atoms with E-state index in [0.717, 1.165) is 16.0 Å². The van der Waals surface area contributed by atoms with Gasteiger partial charge in [-0.05, 0) is 54.4 Å². The maximum atomic E-state index is 13.7. The second-order valence-corrected chi connectivity index (χ2v) is 8.25. The molecule has 1 heterocycles. The third kappa shape index (κ3) is 4.86. The summed E-state index contributed by atoms with van der Waals surface area (Å²) in [6.07, 6.45) is -0.0595. The lowest BCUT2D eigenvalue weighted by Crippen LogP contribution is -2.36. The summed E-state index contributed by atoms with van der Waals surface area (Å²) in [7, 11) is 0. The Bertz CT molecular complexity index is 1310. The molecule has 170 valence electrons. The highest BCUT2D eigenvalue weighted by atomic mass is 19.1. The minimum atomic E-state index is -0.406. The van der Waals surface area contributed by atoms with Gasteiger partial charge in [-0.3, -0.25) is 19.3 Å². The van der Waals surface area contributed by atoms with Crippen LogP contribution in [0.25, 0.3) is 0 Å². The Kier molecular flexibility index (Phi) is 6.51. The van der Waals surface area contributed by atoms with E-state index in [2.05, 4.69) is 6.07 Å². The molecule has 1 aliphatic rings. The van der Waals surface area contributed by atoms with Crippen LogP contribution < -0.4 is 0 Å². The van der Waals surface area contributed by atoms with E-state index in [1.165, 1.54) is 12.1 Å².